The van der Waals surface area contributed by atoms with Crippen molar-refractivity contribution in [2.45, 2.75) is 25.0 Å². The highest BCUT2D eigenvalue weighted by Crippen LogP contribution is 2.32. The van der Waals surface area contributed by atoms with Gasteiger partial charge in [0, 0.05) is 13.0 Å². The lowest BCUT2D eigenvalue weighted by Gasteiger charge is -2.10. The molecule has 1 atom stereocenters. The van der Waals surface area contributed by atoms with Crippen LogP contribution in [0.5, 0.6) is 17.2 Å². The minimum atomic E-state index is -0.523. The zero-order valence-corrected chi connectivity index (χ0v) is 19.4. The van der Waals surface area contributed by atoms with E-state index in [1.165, 1.54) is 11.8 Å². The van der Waals surface area contributed by atoms with Gasteiger partial charge in [-0.15, -0.1) is 0 Å². The molecular formula is C23H27N3O5S. The third-order valence-corrected chi connectivity index (χ3v) is 5.97. The molecule has 1 aliphatic rings. The number of thioether (sulfide) groups is 1. The number of carbonyl (C=O) groups excluding carboxylic acids is 2. The molecule has 0 aromatic heterocycles. The van der Waals surface area contributed by atoms with Gasteiger partial charge in [-0.3, -0.25) is 9.59 Å². The Bertz CT molecular complexity index is 1020. The number of aryl methyl sites for hydroxylation is 1. The van der Waals surface area contributed by atoms with Crippen LogP contribution in [0.4, 0.5) is 5.69 Å². The Morgan fingerprint density at radius 3 is 2.50 bits per heavy atom. The molecule has 2 amide bonds. The number of nitrogens with zero attached hydrogens (tertiary/aromatic N) is 1. The maximum atomic E-state index is 12.4. The molecule has 1 saturated heterocycles. The Kier molecular flexibility index (Phi) is 7.99. The number of amides is 2. The van der Waals surface area contributed by atoms with Gasteiger partial charge in [-0.2, -0.15) is 0 Å². The summed E-state index contributed by atoms with van der Waals surface area (Å²) in [7, 11) is 4.74. The number of amidine groups is 1. The summed E-state index contributed by atoms with van der Waals surface area (Å²) in [5.74, 6) is 1.51. The summed E-state index contributed by atoms with van der Waals surface area (Å²) in [6, 6.07) is 11.3. The van der Waals surface area contributed by atoms with Gasteiger partial charge in [-0.05, 0) is 48.7 Å². The Labute approximate surface area is 191 Å². The van der Waals surface area contributed by atoms with E-state index in [-0.39, 0.29) is 18.2 Å². The van der Waals surface area contributed by atoms with E-state index in [0.717, 1.165) is 11.1 Å². The number of carbonyl (C=O) groups is 2. The SMILES string of the molecule is COc1ccc(C)cc1N=C1NC(=O)C(CC(=O)NCCc2ccc(OC)c(OC)c2)S1. The van der Waals surface area contributed by atoms with E-state index in [1.807, 2.05) is 43.3 Å². The molecule has 0 saturated carbocycles. The first-order valence-corrected chi connectivity index (χ1v) is 11.0. The minimum Gasteiger partial charge on any atom is -0.494 e. The van der Waals surface area contributed by atoms with Crippen LogP contribution in [0.25, 0.3) is 0 Å². The summed E-state index contributed by atoms with van der Waals surface area (Å²) < 4.78 is 15.9. The van der Waals surface area contributed by atoms with Crippen molar-refractivity contribution in [3.05, 3.63) is 47.5 Å². The molecule has 32 heavy (non-hydrogen) atoms. The summed E-state index contributed by atoms with van der Waals surface area (Å²) in [5.41, 5.74) is 2.68. The molecule has 3 rings (SSSR count). The van der Waals surface area contributed by atoms with Crippen LogP contribution in [0.1, 0.15) is 17.5 Å². The second-order valence-corrected chi connectivity index (χ2v) is 8.37. The van der Waals surface area contributed by atoms with Crippen molar-refractivity contribution in [1.82, 2.24) is 10.6 Å². The van der Waals surface area contributed by atoms with E-state index in [9.17, 15) is 9.59 Å². The molecule has 9 heteroatoms. The zero-order valence-electron chi connectivity index (χ0n) is 18.6. The first kappa shape index (κ1) is 23.5. The quantitative estimate of drug-likeness (QED) is 0.601. The van der Waals surface area contributed by atoms with Crippen molar-refractivity contribution in [3.8, 4) is 17.2 Å². The first-order valence-electron chi connectivity index (χ1n) is 10.1. The second-order valence-electron chi connectivity index (χ2n) is 7.18. The summed E-state index contributed by atoms with van der Waals surface area (Å²) in [6.45, 7) is 2.41. The molecule has 1 unspecified atom stereocenters. The van der Waals surface area contributed by atoms with Crippen molar-refractivity contribution in [2.75, 3.05) is 27.9 Å². The number of hydrogen-bond acceptors (Lipinski definition) is 7. The van der Waals surface area contributed by atoms with Crippen molar-refractivity contribution < 1.29 is 23.8 Å². The molecule has 0 radical (unpaired) electrons. The lowest BCUT2D eigenvalue weighted by Crippen LogP contribution is -2.32. The molecule has 1 fully saturated rings. The van der Waals surface area contributed by atoms with Gasteiger partial charge < -0.3 is 24.8 Å². The zero-order chi connectivity index (χ0) is 23.1. The molecule has 2 N–H and O–H groups in total. The van der Waals surface area contributed by atoms with Crippen LogP contribution in [-0.4, -0.2) is 50.1 Å². The van der Waals surface area contributed by atoms with Gasteiger partial charge in [0.2, 0.25) is 11.8 Å². The summed E-state index contributed by atoms with van der Waals surface area (Å²) in [6.07, 6.45) is 0.711. The summed E-state index contributed by atoms with van der Waals surface area (Å²) in [5, 5.41) is 5.56. The fraction of sp³-hybridized carbons (Fsp3) is 0.348. The highest BCUT2D eigenvalue weighted by Gasteiger charge is 2.32. The third-order valence-electron chi connectivity index (χ3n) is 4.89. The number of nitrogens with one attached hydrogen (secondary N) is 2. The van der Waals surface area contributed by atoms with Crippen molar-refractivity contribution in [3.63, 3.8) is 0 Å². The molecule has 8 nitrogen and oxygen atoms in total. The van der Waals surface area contributed by atoms with Crippen LogP contribution in [0, 0.1) is 6.92 Å². The average Bonchev–Trinajstić information content (AvgIpc) is 3.12. The van der Waals surface area contributed by atoms with Crippen molar-refractivity contribution in [2.24, 2.45) is 4.99 Å². The Morgan fingerprint density at radius 1 is 1.06 bits per heavy atom. The van der Waals surface area contributed by atoms with Crippen LogP contribution in [0.15, 0.2) is 41.4 Å². The maximum absolute atomic E-state index is 12.4. The predicted molar refractivity (Wildman–Crippen MR) is 125 cm³/mol. The monoisotopic (exact) mass is 457 g/mol. The molecule has 0 aliphatic carbocycles. The van der Waals surface area contributed by atoms with Gasteiger partial charge in [0.05, 0.1) is 21.3 Å². The van der Waals surface area contributed by atoms with Gasteiger partial charge in [-0.1, -0.05) is 23.9 Å². The number of benzene rings is 2. The van der Waals surface area contributed by atoms with Crippen LogP contribution >= 0.6 is 11.8 Å². The lowest BCUT2D eigenvalue weighted by molar-refractivity contribution is -0.125. The van der Waals surface area contributed by atoms with Crippen molar-refractivity contribution >= 4 is 34.4 Å². The van der Waals surface area contributed by atoms with Crippen LogP contribution in [0.2, 0.25) is 0 Å². The highest BCUT2D eigenvalue weighted by atomic mass is 32.2. The Balaban J connectivity index is 1.53. The van der Waals surface area contributed by atoms with Gasteiger partial charge in [0.1, 0.15) is 16.7 Å². The highest BCUT2D eigenvalue weighted by molar-refractivity contribution is 8.15. The molecular weight excluding hydrogens is 430 g/mol. The normalized spacial score (nSPS) is 16.6. The standard InChI is InChI=1S/C23H27N3O5S/c1-14-5-7-17(29-2)16(11-14)25-23-26-22(28)20(32-23)13-21(27)24-10-9-15-6-8-18(30-3)19(12-15)31-4/h5-8,11-12,20H,9-10,13H2,1-4H3,(H,24,27)(H,25,26,28). The van der Waals surface area contributed by atoms with E-state index in [0.29, 0.717) is 41.1 Å². The number of aliphatic imine (C=N–C) groups is 1. The van der Waals surface area contributed by atoms with Crippen LogP contribution in [-0.2, 0) is 16.0 Å². The van der Waals surface area contributed by atoms with E-state index < -0.39 is 5.25 Å². The second kappa shape index (κ2) is 10.9. The largest absolute Gasteiger partial charge is 0.494 e. The number of methoxy groups -OCH3 is 3. The Morgan fingerprint density at radius 2 is 1.78 bits per heavy atom. The van der Waals surface area contributed by atoms with Gasteiger partial charge in [0.25, 0.3) is 0 Å². The van der Waals surface area contributed by atoms with E-state index >= 15 is 0 Å². The fourth-order valence-electron chi connectivity index (χ4n) is 3.21. The molecule has 1 aliphatic heterocycles. The smallest absolute Gasteiger partial charge is 0.240 e. The minimum absolute atomic E-state index is 0.0758. The number of rotatable bonds is 9. The van der Waals surface area contributed by atoms with Crippen LogP contribution in [0.3, 0.4) is 0 Å². The Hall–Kier alpha value is -3.20. The van der Waals surface area contributed by atoms with Crippen molar-refractivity contribution in [1.29, 1.82) is 0 Å². The molecule has 0 bridgehead atoms. The van der Waals surface area contributed by atoms with E-state index in [1.54, 1.807) is 21.3 Å². The predicted octanol–water partition coefficient (Wildman–Crippen LogP) is 2.99. The maximum Gasteiger partial charge on any atom is 0.240 e. The molecule has 170 valence electrons. The summed E-state index contributed by atoms with van der Waals surface area (Å²) in [4.78, 5) is 29.2. The third kappa shape index (κ3) is 5.94. The molecule has 0 spiro atoms. The van der Waals surface area contributed by atoms with Gasteiger partial charge in [-0.25, -0.2) is 4.99 Å². The fourth-order valence-corrected chi connectivity index (χ4v) is 4.19. The molecule has 1 heterocycles. The van der Waals surface area contributed by atoms with Gasteiger partial charge >= 0.3 is 0 Å². The first-order chi connectivity index (χ1) is 15.4. The number of ether oxygens (including phenoxy) is 3. The summed E-state index contributed by atoms with van der Waals surface area (Å²) >= 11 is 1.25. The molecule has 2 aromatic rings. The average molecular weight is 458 g/mol. The van der Waals surface area contributed by atoms with E-state index in [4.69, 9.17) is 14.2 Å². The number of hydrogen-bond donors (Lipinski definition) is 2. The molecule has 2 aromatic carbocycles. The topological polar surface area (TPSA) is 98.2 Å². The lowest BCUT2D eigenvalue weighted by atomic mass is 10.1. The van der Waals surface area contributed by atoms with Gasteiger partial charge in [0.15, 0.2) is 16.7 Å². The van der Waals surface area contributed by atoms with Crippen LogP contribution < -0.4 is 24.8 Å². The van der Waals surface area contributed by atoms with E-state index in [2.05, 4.69) is 15.6 Å².